The van der Waals surface area contributed by atoms with E-state index in [1.54, 1.807) is 37.3 Å². The maximum absolute atomic E-state index is 12.1. The van der Waals surface area contributed by atoms with Gasteiger partial charge in [-0.05, 0) is 48.2 Å². The molecule has 0 aromatic heterocycles. The predicted octanol–water partition coefficient (Wildman–Crippen LogP) is 5.19. The van der Waals surface area contributed by atoms with Crippen LogP contribution < -0.4 is 10.5 Å². The van der Waals surface area contributed by atoms with E-state index >= 15 is 0 Å². The Balaban J connectivity index is 2.00. The molecule has 0 aliphatic carbocycles. The zero-order valence-corrected chi connectivity index (χ0v) is 17.1. The molecule has 1 atom stereocenters. The number of carbonyl (C=O) groups excluding carboxylic acids is 1. The molecule has 0 aliphatic rings. The van der Waals surface area contributed by atoms with Crippen LogP contribution in [0.2, 0.25) is 10.0 Å². The van der Waals surface area contributed by atoms with Crippen LogP contribution in [0.5, 0.6) is 5.75 Å². The summed E-state index contributed by atoms with van der Waals surface area (Å²) in [4.78, 5) is 17.0. The van der Waals surface area contributed by atoms with E-state index < -0.39 is 12.1 Å². The molecule has 0 heterocycles. The van der Waals surface area contributed by atoms with Crippen molar-refractivity contribution < 1.29 is 14.4 Å². The van der Waals surface area contributed by atoms with Gasteiger partial charge in [0.1, 0.15) is 5.75 Å². The van der Waals surface area contributed by atoms with Crippen LogP contribution in [0.1, 0.15) is 43.6 Å². The Kier molecular flexibility index (Phi) is 6.73. The minimum absolute atomic E-state index is 0.000628. The van der Waals surface area contributed by atoms with Gasteiger partial charge in [0.15, 0.2) is 11.9 Å². The first kappa shape index (κ1) is 21.1. The third-order valence-electron chi connectivity index (χ3n) is 3.83. The summed E-state index contributed by atoms with van der Waals surface area (Å²) in [6.07, 6.45) is -0.653. The lowest BCUT2D eigenvalue weighted by Crippen LogP contribution is -2.31. The fraction of sp³-hybridized carbons (Fsp3) is 0.300. The molecule has 144 valence electrons. The van der Waals surface area contributed by atoms with Crippen molar-refractivity contribution in [2.75, 3.05) is 0 Å². The van der Waals surface area contributed by atoms with Gasteiger partial charge in [-0.2, -0.15) is 0 Å². The van der Waals surface area contributed by atoms with Gasteiger partial charge in [-0.15, -0.1) is 0 Å². The first-order valence-electron chi connectivity index (χ1n) is 8.35. The number of nitrogens with zero attached hydrogens (tertiary/aromatic N) is 1. The highest BCUT2D eigenvalue weighted by atomic mass is 35.5. The van der Waals surface area contributed by atoms with E-state index in [1.165, 1.54) is 0 Å². The summed E-state index contributed by atoms with van der Waals surface area (Å²) in [6, 6.07) is 12.0. The molecule has 2 aromatic carbocycles. The summed E-state index contributed by atoms with van der Waals surface area (Å²) >= 11 is 11.9. The highest BCUT2D eigenvalue weighted by Gasteiger charge is 2.16. The normalized spacial score (nSPS) is 13.2. The van der Waals surface area contributed by atoms with Gasteiger partial charge in [-0.3, -0.25) is 0 Å². The Morgan fingerprint density at radius 2 is 1.74 bits per heavy atom. The van der Waals surface area contributed by atoms with E-state index in [4.69, 9.17) is 38.5 Å². The molecule has 5 nitrogen and oxygen atoms in total. The van der Waals surface area contributed by atoms with Crippen LogP contribution in [-0.2, 0) is 10.3 Å². The Morgan fingerprint density at radius 1 is 1.11 bits per heavy atom. The van der Waals surface area contributed by atoms with Crippen molar-refractivity contribution in [3.8, 4) is 5.75 Å². The molecular weight excluding hydrogens is 387 g/mol. The first-order valence-corrected chi connectivity index (χ1v) is 9.10. The van der Waals surface area contributed by atoms with E-state index in [2.05, 4.69) is 25.9 Å². The van der Waals surface area contributed by atoms with E-state index in [-0.39, 0.29) is 11.3 Å². The highest BCUT2D eigenvalue weighted by molar-refractivity contribution is 6.35. The zero-order valence-electron chi connectivity index (χ0n) is 15.6. The van der Waals surface area contributed by atoms with Gasteiger partial charge in [-0.1, -0.05) is 61.3 Å². The number of nitrogens with two attached hydrogens (primary N) is 1. The Bertz CT molecular complexity index is 843. The van der Waals surface area contributed by atoms with Crippen molar-refractivity contribution >= 4 is 35.0 Å². The van der Waals surface area contributed by atoms with Gasteiger partial charge in [0.2, 0.25) is 0 Å². The van der Waals surface area contributed by atoms with Crippen molar-refractivity contribution in [1.29, 1.82) is 0 Å². The molecule has 0 bridgehead atoms. The van der Waals surface area contributed by atoms with Crippen LogP contribution in [-0.4, -0.2) is 17.9 Å². The summed E-state index contributed by atoms with van der Waals surface area (Å²) in [7, 11) is 0. The molecular formula is C20H22Cl2N2O3. The number of hydrogen-bond acceptors (Lipinski definition) is 4. The number of hydrogen-bond donors (Lipinski definition) is 1. The molecule has 2 N–H and O–H groups in total. The van der Waals surface area contributed by atoms with Gasteiger partial charge in [-0.25, -0.2) is 4.79 Å². The monoisotopic (exact) mass is 408 g/mol. The quantitative estimate of drug-likeness (QED) is 0.319. The van der Waals surface area contributed by atoms with Crippen LogP contribution in [0.25, 0.3) is 0 Å². The zero-order chi connectivity index (χ0) is 20.2. The largest absolute Gasteiger partial charge is 0.481 e. The van der Waals surface area contributed by atoms with Crippen LogP contribution in [0, 0.1) is 0 Å². The summed E-state index contributed by atoms with van der Waals surface area (Å²) < 4.78 is 5.62. The molecule has 2 rings (SSSR count). The predicted molar refractivity (Wildman–Crippen MR) is 109 cm³/mol. The number of rotatable bonds is 5. The van der Waals surface area contributed by atoms with Gasteiger partial charge >= 0.3 is 5.97 Å². The van der Waals surface area contributed by atoms with Crippen molar-refractivity contribution in [1.82, 2.24) is 0 Å². The topological polar surface area (TPSA) is 73.9 Å². The number of oxime groups is 1. The number of carbonyl (C=O) groups is 1. The Hall–Kier alpha value is -2.24. The number of benzene rings is 2. The molecule has 1 unspecified atom stereocenters. The fourth-order valence-electron chi connectivity index (χ4n) is 2.15. The fourth-order valence-corrected chi connectivity index (χ4v) is 2.60. The van der Waals surface area contributed by atoms with Gasteiger partial charge in [0.05, 0.1) is 10.6 Å². The van der Waals surface area contributed by atoms with Crippen molar-refractivity contribution in [3.63, 3.8) is 0 Å². The number of halogens is 2. The molecule has 0 saturated heterocycles. The third-order valence-corrected chi connectivity index (χ3v) is 4.37. The van der Waals surface area contributed by atoms with Crippen LogP contribution in [0.3, 0.4) is 0 Å². The molecule has 0 aliphatic heterocycles. The average molecular weight is 409 g/mol. The minimum atomic E-state index is -0.653. The second-order valence-electron chi connectivity index (χ2n) is 7.06. The minimum Gasteiger partial charge on any atom is -0.481 e. The van der Waals surface area contributed by atoms with Crippen LogP contribution in [0.4, 0.5) is 0 Å². The summed E-state index contributed by atoms with van der Waals surface area (Å²) in [5.41, 5.74) is 7.33. The smallest absolute Gasteiger partial charge is 0.365 e. The standard InChI is InChI=1S/C20H22Cl2N2O3/c1-12(26-17-10-9-15(21)11-16(17)22)18(23)24-27-19(25)13-5-7-14(8-6-13)20(2,3)4/h5-12H,1-4H3,(H2,23,24). The lowest BCUT2D eigenvalue weighted by Gasteiger charge is -2.18. The average Bonchev–Trinajstić information content (AvgIpc) is 2.61. The lowest BCUT2D eigenvalue weighted by molar-refractivity contribution is 0.0511. The van der Waals surface area contributed by atoms with Gasteiger partial charge in [0.25, 0.3) is 0 Å². The van der Waals surface area contributed by atoms with E-state index in [9.17, 15) is 4.79 Å². The van der Waals surface area contributed by atoms with E-state index in [0.29, 0.717) is 21.4 Å². The first-order chi connectivity index (χ1) is 12.6. The van der Waals surface area contributed by atoms with Crippen LogP contribution >= 0.6 is 23.2 Å². The molecule has 0 saturated carbocycles. The van der Waals surface area contributed by atoms with Crippen molar-refractivity contribution in [2.45, 2.75) is 39.2 Å². The van der Waals surface area contributed by atoms with Crippen molar-refractivity contribution in [3.05, 3.63) is 63.6 Å². The van der Waals surface area contributed by atoms with Crippen molar-refractivity contribution in [2.24, 2.45) is 10.9 Å². The molecule has 2 aromatic rings. The lowest BCUT2D eigenvalue weighted by atomic mass is 9.87. The second kappa shape index (κ2) is 8.63. The SMILES string of the molecule is CC(Oc1ccc(Cl)cc1Cl)/C(N)=N/OC(=O)c1ccc(C(C)(C)C)cc1. The number of amidine groups is 1. The van der Waals surface area contributed by atoms with Gasteiger partial charge in [0, 0.05) is 5.02 Å². The third kappa shape index (κ3) is 5.88. The summed E-state index contributed by atoms with van der Waals surface area (Å²) in [6.45, 7) is 7.95. The summed E-state index contributed by atoms with van der Waals surface area (Å²) in [5.74, 6) is -0.202. The molecule has 0 spiro atoms. The number of ether oxygens (including phenoxy) is 1. The van der Waals surface area contributed by atoms with Crippen LogP contribution in [0.15, 0.2) is 47.6 Å². The second-order valence-corrected chi connectivity index (χ2v) is 7.90. The Labute approximate surface area is 169 Å². The molecule has 7 heteroatoms. The molecule has 0 fully saturated rings. The molecule has 27 heavy (non-hydrogen) atoms. The maximum Gasteiger partial charge on any atom is 0.365 e. The molecule has 0 radical (unpaired) electrons. The molecule has 0 amide bonds. The summed E-state index contributed by atoms with van der Waals surface area (Å²) in [5, 5.41) is 4.50. The van der Waals surface area contributed by atoms with E-state index in [1.807, 2.05) is 12.1 Å². The van der Waals surface area contributed by atoms with E-state index in [0.717, 1.165) is 5.56 Å². The Morgan fingerprint density at radius 3 is 2.30 bits per heavy atom. The maximum atomic E-state index is 12.1. The van der Waals surface area contributed by atoms with Gasteiger partial charge < -0.3 is 15.3 Å². The highest BCUT2D eigenvalue weighted by Crippen LogP contribution is 2.28.